The Morgan fingerprint density at radius 3 is 2.32 bits per heavy atom. The van der Waals surface area contributed by atoms with Crippen molar-refractivity contribution in [1.29, 1.82) is 0 Å². The van der Waals surface area contributed by atoms with Crippen LogP contribution in [0.2, 0.25) is 0 Å². The lowest BCUT2D eigenvalue weighted by atomic mass is 9.96. The molecule has 0 unspecified atom stereocenters. The fraction of sp³-hybridized carbons (Fsp3) is 0.550. The molecular formula is C20H27N3O5. The summed E-state index contributed by atoms with van der Waals surface area (Å²) in [6.07, 6.45) is 1.12. The van der Waals surface area contributed by atoms with Crippen molar-refractivity contribution in [3.05, 3.63) is 28.3 Å². The Kier molecular flexibility index (Phi) is 5.49. The summed E-state index contributed by atoms with van der Waals surface area (Å²) in [7, 11) is 3.07. The van der Waals surface area contributed by atoms with Crippen molar-refractivity contribution in [2.45, 2.75) is 45.1 Å². The van der Waals surface area contributed by atoms with E-state index in [1.165, 1.54) is 7.11 Å². The molecular weight excluding hydrogens is 362 g/mol. The van der Waals surface area contributed by atoms with Gasteiger partial charge in [-0.3, -0.25) is 4.79 Å². The van der Waals surface area contributed by atoms with Gasteiger partial charge in [-0.2, -0.15) is 0 Å². The van der Waals surface area contributed by atoms with E-state index in [0.717, 1.165) is 0 Å². The van der Waals surface area contributed by atoms with E-state index in [2.05, 4.69) is 9.97 Å². The molecule has 1 aromatic carbocycles. The van der Waals surface area contributed by atoms with Crippen molar-refractivity contribution < 1.29 is 19.0 Å². The molecule has 0 bridgehead atoms. The van der Waals surface area contributed by atoms with Crippen LogP contribution in [0.1, 0.15) is 45.4 Å². The number of methoxy groups -OCH3 is 2. The van der Waals surface area contributed by atoms with Crippen LogP contribution in [-0.4, -0.2) is 53.9 Å². The second kappa shape index (κ2) is 7.69. The SMILES string of the molecule is COc1cc2nc(C3CCN(C(=O)OC(C)(C)C)CC3)[nH]c(=O)c2cc1OC. The molecule has 1 aliphatic heterocycles. The zero-order valence-corrected chi connectivity index (χ0v) is 17.0. The van der Waals surface area contributed by atoms with Crippen LogP contribution in [0.4, 0.5) is 4.79 Å². The number of piperidine rings is 1. The number of likely N-dealkylation sites (tertiary alicyclic amines) is 1. The minimum Gasteiger partial charge on any atom is -0.493 e. The van der Waals surface area contributed by atoms with Crippen molar-refractivity contribution >= 4 is 17.0 Å². The second-order valence-electron chi connectivity index (χ2n) is 7.92. The third kappa shape index (κ3) is 4.21. The number of carbonyl (C=O) groups is 1. The van der Waals surface area contributed by atoms with E-state index in [1.807, 2.05) is 20.8 Å². The van der Waals surface area contributed by atoms with Crippen molar-refractivity contribution in [2.24, 2.45) is 0 Å². The van der Waals surface area contributed by atoms with Crippen LogP contribution in [0.15, 0.2) is 16.9 Å². The molecule has 8 heteroatoms. The van der Waals surface area contributed by atoms with Gasteiger partial charge in [-0.1, -0.05) is 0 Å². The van der Waals surface area contributed by atoms with Gasteiger partial charge in [-0.05, 0) is 39.7 Å². The van der Waals surface area contributed by atoms with E-state index < -0.39 is 5.60 Å². The van der Waals surface area contributed by atoms with Gasteiger partial charge in [0.25, 0.3) is 5.56 Å². The molecule has 0 aliphatic carbocycles. The molecule has 152 valence electrons. The molecule has 1 N–H and O–H groups in total. The molecule has 1 aromatic heterocycles. The quantitative estimate of drug-likeness (QED) is 0.867. The molecule has 8 nitrogen and oxygen atoms in total. The van der Waals surface area contributed by atoms with Gasteiger partial charge in [0.2, 0.25) is 0 Å². The highest BCUT2D eigenvalue weighted by atomic mass is 16.6. The van der Waals surface area contributed by atoms with Gasteiger partial charge in [0.1, 0.15) is 11.4 Å². The molecule has 0 spiro atoms. The van der Waals surface area contributed by atoms with Crippen LogP contribution in [0.5, 0.6) is 11.5 Å². The molecule has 0 radical (unpaired) electrons. The Labute approximate surface area is 163 Å². The van der Waals surface area contributed by atoms with E-state index >= 15 is 0 Å². The molecule has 2 heterocycles. The summed E-state index contributed by atoms with van der Waals surface area (Å²) in [5.41, 5.74) is -0.166. The second-order valence-corrected chi connectivity index (χ2v) is 7.92. The fourth-order valence-electron chi connectivity index (χ4n) is 3.34. The highest BCUT2D eigenvalue weighted by molar-refractivity contribution is 5.81. The summed E-state index contributed by atoms with van der Waals surface area (Å²) in [6.45, 7) is 6.68. The van der Waals surface area contributed by atoms with Crippen LogP contribution >= 0.6 is 0 Å². The predicted molar refractivity (Wildman–Crippen MR) is 105 cm³/mol. The number of fused-ring (bicyclic) bond motifs is 1. The number of hydrogen-bond donors (Lipinski definition) is 1. The molecule has 1 amide bonds. The number of nitrogens with one attached hydrogen (secondary N) is 1. The number of hydrogen-bond acceptors (Lipinski definition) is 6. The van der Waals surface area contributed by atoms with Crippen molar-refractivity contribution in [3.63, 3.8) is 0 Å². The van der Waals surface area contributed by atoms with Crippen LogP contribution in [0, 0.1) is 0 Å². The van der Waals surface area contributed by atoms with Gasteiger partial charge >= 0.3 is 6.09 Å². The zero-order chi connectivity index (χ0) is 20.5. The van der Waals surface area contributed by atoms with E-state index in [4.69, 9.17) is 14.2 Å². The lowest BCUT2D eigenvalue weighted by molar-refractivity contribution is 0.0203. The Morgan fingerprint density at radius 2 is 1.75 bits per heavy atom. The molecule has 1 fully saturated rings. The van der Waals surface area contributed by atoms with Gasteiger partial charge in [0.05, 0.1) is 25.1 Å². The van der Waals surface area contributed by atoms with Gasteiger partial charge in [-0.15, -0.1) is 0 Å². The normalized spacial score (nSPS) is 15.5. The van der Waals surface area contributed by atoms with Crippen molar-refractivity contribution in [1.82, 2.24) is 14.9 Å². The molecule has 3 rings (SSSR count). The fourth-order valence-corrected chi connectivity index (χ4v) is 3.34. The predicted octanol–water partition coefficient (Wildman–Crippen LogP) is 3.05. The van der Waals surface area contributed by atoms with Crippen LogP contribution in [0.25, 0.3) is 10.9 Å². The van der Waals surface area contributed by atoms with Gasteiger partial charge in [-0.25, -0.2) is 9.78 Å². The smallest absolute Gasteiger partial charge is 0.410 e. The third-order valence-corrected chi connectivity index (χ3v) is 4.76. The van der Waals surface area contributed by atoms with Crippen LogP contribution in [-0.2, 0) is 4.74 Å². The van der Waals surface area contributed by atoms with Gasteiger partial charge < -0.3 is 24.1 Å². The summed E-state index contributed by atoms with van der Waals surface area (Å²) in [5.74, 6) is 1.72. The first-order valence-electron chi connectivity index (χ1n) is 9.35. The van der Waals surface area contributed by atoms with Gasteiger partial charge in [0, 0.05) is 25.1 Å². The van der Waals surface area contributed by atoms with E-state index in [0.29, 0.717) is 54.2 Å². The highest BCUT2D eigenvalue weighted by Gasteiger charge is 2.28. The minimum atomic E-state index is -0.515. The maximum atomic E-state index is 12.6. The number of carbonyl (C=O) groups excluding carboxylic acids is 1. The maximum Gasteiger partial charge on any atom is 0.410 e. The number of H-pyrrole nitrogens is 1. The first-order valence-corrected chi connectivity index (χ1v) is 9.35. The summed E-state index contributed by atoms with van der Waals surface area (Å²) in [6, 6.07) is 3.34. The van der Waals surface area contributed by atoms with Crippen molar-refractivity contribution in [3.8, 4) is 11.5 Å². The number of aromatic nitrogens is 2. The number of amides is 1. The topological polar surface area (TPSA) is 93.7 Å². The standard InChI is InChI=1S/C20H27N3O5/c1-20(2,3)28-19(25)23-8-6-12(7-9-23)17-21-14-11-16(27-5)15(26-4)10-13(14)18(24)22-17/h10-12H,6-9H2,1-5H3,(H,21,22,24). The first-order chi connectivity index (χ1) is 13.2. The Hall–Kier alpha value is -2.77. The molecule has 0 atom stereocenters. The number of nitrogens with zero attached hydrogens (tertiary/aromatic N) is 2. The average molecular weight is 389 g/mol. The maximum absolute atomic E-state index is 12.6. The molecule has 28 heavy (non-hydrogen) atoms. The van der Waals surface area contributed by atoms with Gasteiger partial charge in [0.15, 0.2) is 11.5 Å². The minimum absolute atomic E-state index is 0.0730. The number of benzene rings is 1. The molecule has 1 aliphatic rings. The molecule has 0 saturated carbocycles. The summed E-state index contributed by atoms with van der Waals surface area (Å²) >= 11 is 0. The summed E-state index contributed by atoms with van der Waals surface area (Å²) in [5, 5.41) is 0.451. The average Bonchev–Trinajstić information content (AvgIpc) is 2.65. The van der Waals surface area contributed by atoms with E-state index in [1.54, 1.807) is 24.1 Å². The lowest BCUT2D eigenvalue weighted by Crippen LogP contribution is -2.41. The van der Waals surface area contributed by atoms with E-state index in [-0.39, 0.29) is 17.6 Å². The number of ether oxygens (including phenoxy) is 3. The Morgan fingerprint density at radius 1 is 1.14 bits per heavy atom. The summed E-state index contributed by atoms with van der Waals surface area (Å²) < 4.78 is 16.0. The highest BCUT2D eigenvalue weighted by Crippen LogP contribution is 2.31. The number of aromatic amines is 1. The Balaban J connectivity index is 1.80. The molecule has 1 saturated heterocycles. The van der Waals surface area contributed by atoms with Crippen LogP contribution in [0.3, 0.4) is 0 Å². The lowest BCUT2D eigenvalue weighted by Gasteiger charge is -2.33. The zero-order valence-electron chi connectivity index (χ0n) is 17.0. The first kappa shape index (κ1) is 20.0. The third-order valence-electron chi connectivity index (χ3n) is 4.76. The van der Waals surface area contributed by atoms with Crippen LogP contribution < -0.4 is 15.0 Å². The largest absolute Gasteiger partial charge is 0.493 e. The van der Waals surface area contributed by atoms with Crippen molar-refractivity contribution in [2.75, 3.05) is 27.3 Å². The number of rotatable bonds is 3. The monoisotopic (exact) mass is 389 g/mol. The Bertz CT molecular complexity index is 924. The summed E-state index contributed by atoms with van der Waals surface area (Å²) in [4.78, 5) is 34.0. The van der Waals surface area contributed by atoms with E-state index in [9.17, 15) is 9.59 Å². The molecule has 2 aromatic rings.